The number of aryl methyl sites for hydroxylation is 1. The molecule has 2 aromatic heterocycles. The maximum absolute atomic E-state index is 13.5. The monoisotopic (exact) mass is 513 g/mol. The highest BCUT2D eigenvalue weighted by atomic mass is 16.5. The predicted molar refractivity (Wildman–Crippen MR) is 142 cm³/mol. The quantitative estimate of drug-likeness (QED) is 0.489. The zero-order valence-electron chi connectivity index (χ0n) is 22.2. The van der Waals surface area contributed by atoms with Crippen molar-refractivity contribution in [1.82, 2.24) is 29.6 Å². The summed E-state index contributed by atoms with van der Waals surface area (Å²) < 4.78 is 7.59. The number of nitrogens with one attached hydrogen (secondary N) is 1. The molecular weight excluding hydrogens is 478 g/mol. The number of carbonyl (C=O) groups is 1. The van der Waals surface area contributed by atoms with Gasteiger partial charge in [-0.15, -0.1) is 10.2 Å². The maximum atomic E-state index is 13.5. The van der Waals surface area contributed by atoms with Gasteiger partial charge in [0, 0.05) is 43.1 Å². The fourth-order valence-corrected chi connectivity index (χ4v) is 6.02. The van der Waals surface area contributed by atoms with Crippen molar-refractivity contribution in [2.45, 2.75) is 62.8 Å². The van der Waals surface area contributed by atoms with Crippen LogP contribution in [0.2, 0.25) is 0 Å². The van der Waals surface area contributed by atoms with Gasteiger partial charge in [-0.1, -0.05) is 12.1 Å². The lowest BCUT2D eigenvalue weighted by molar-refractivity contribution is -0.0610. The van der Waals surface area contributed by atoms with Crippen LogP contribution in [-0.2, 0) is 23.6 Å². The molecule has 3 aromatic rings. The molecule has 9 heteroatoms. The van der Waals surface area contributed by atoms with Gasteiger partial charge in [-0.25, -0.2) is 9.97 Å². The average Bonchev–Trinajstić information content (AvgIpc) is 3.80. The van der Waals surface area contributed by atoms with E-state index in [9.17, 15) is 4.79 Å². The maximum Gasteiger partial charge on any atom is 0.274 e. The fourth-order valence-electron chi connectivity index (χ4n) is 6.02. The molecule has 1 amide bonds. The Balaban J connectivity index is 1.12. The number of rotatable bonds is 8. The van der Waals surface area contributed by atoms with Crippen molar-refractivity contribution in [2.24, 2.45) is 12.5 Å². The standard InChI is InChI=1S/C29H35N7O2/c1-19(36-11-10-28(15-36)8-9-28)23-13-24(33-26(32-23)20-6-7-20)27(37)31-22-5-3-4-21(12-22)29(16-38-17-29)14-25-34-30-18-35(25)2/h3-5,12-13,18-20H,6-11,14-17H2,1-2H3,(H,31,37). The minimum Gasteiger partial charge on any atom is -0.379 e. The number of ether oxygens (including phenoxy) is 1. The van der Waals surface area contributed by atoms with Gasteiger partial charge < -0.3 is 14.6 Å². The van der Waals surface area contributed by atoms with Gasteiger partial charge in [0.1, 0.15) is 23.7 Å². The van der Waals surface area contributed by atoms with Gasteiger partial charge in [-0.3, -0.25) is 9.69 Å². The molecule has 38 heavy (non-hydrogen) atoms. The Labute approximate surface area is 223 Å². The number of aromatic nitrogens is 5. The lowest BCUT2D eigenvalue weighted by atomic mass is 9.75. The molecule has 4 aliphatic rings. The van der Waals surface area contributed by atoms with Crippen molar-refractivity contribution in [3.05, 3.63) is 65.3 Å². The first-order valence-electron chi connectivity index (χ1n) is 13.9. The first-order chi connectivity index (χ1) is 18.4. The van der Waals surface area contributed by atoms with Gasteiger partial charge in [-0.05, 0) is 74.8 Å². The number of carbonyl (C=O) groups excluding carboxylic acids is 1. The summed E-state index contributed by atoms with van der Waals surface area (Å²) in [5.74, 6) is 1.93. The minimum absolute atomic E-state index is 0.174. The Hall–Kier alpha value is -3.17. The van der Waals surface area contributed by atoms with Crippen molar-refractivity contribution in [1.29, 1.82) is 0 Å². The van der Waals surface area contributed by atoms with Crippen molar-refractivity contribution in [3.8, 4) is 0 Å². The van der Waals surface area contributed by atoms with Crippen LogP contribution < -0.4 is 5.32 Å². The third-order valence-electron chi connectivity index (χ3n) is 9.13. The van der Waals surface area contributed by atoms with Gasteiger partial charge in [-0.2, -0.15) is 0 Å². The summed E-state index contributed by atoms with van der Waals surface area (Å²) in [5, 5.41) is 11.4. The summed E-state index contributed by atoms with van der Waals surface area (Å²) in [6, 6.07) is 10.2. The zero-order chi connectivity index (χ0) is 25.9. The molecule has 4 fully saturated rings. The van der Waals surface area contributed by atoms with Gasteiger partial charge in [0.2, 0.25) is 0 Å². The number of hydrogen-bond donors (Lipinski definition) is 1. The third kappa shape index (κ3) is 4.41. The molecule has 2 aliphatic heterocycles. The van der Waals surface area contributed by atoms with E-state index in [0.717, 1.165) is 60.9 Å². The van der Waals surface area contributed by atoms with Crippen molar-refractivity contribution in [2.75, 3.05) is 31.6 Å². The summed E-state index contributed by atoms with van der Waals surface area (Å²) in [6.07, 6.45) is 8.64. The molecule has 0 radical (unpaired) electrons. The number of hydrogen-bond acceptors (Lipinski definition) is 7. The molecule has 1 unspecified atom stereocenters. The average molecular weight is 514 g/mol. The van der Waals surface area contributed by atoms with Crippen LogP contribution in [0, 0.1) is 5.41 Å². The number of anilines is 1. The van der Waals surface area contributed by atoms with E-state index >= 15 is 0 Å². The second kappa shape index (κ2) is 8.95. The Morgan fingerprint density at radius 1 is 1.18 bits per heavy atom. The Kier molecular flexibility index (Phi) is 5.63. The van der Waals surface area contributed by atoms with Crippen LogP contribution in [-0.4, -0.2) is 61.8 Å². The molecule has 1 N–H and O–H groups in total. The molecule has 7 rings (SSSR count). The molecule has 9 nitrogen and oxygen atoms in total. The number of nitrogens with zero attached hydrogens (tertiary/aromatic N) is 6. The van der Waals surface area contributed by atoms with Crippen molar-refractivity contribution >= 4 is 11.6 Å². The van der Waals surface area contributed by atoms with Crippen LogP contribution in [0.3, 0.4) is 0 Å². The van der Waals surface area contributed by atoms with E-state index in [1.165, 1.54) is 19.3 Å². The molecule has 1 aromatic carbocycles. The van der Waals surface area contributed by atoms with Crippen molar-refractivity contribution in [3.63, 3.8) is 0 Å². The molecule has 198 valence electrons. The Morgan fingerprint density at radius 3 is 2.68 bits per heavy atom. The van der Waals surface area contributed by atoms with E-state index in [1.54, 1.807) is 6.33 Å². The summed E-state index contributed by atoms with van der Waals surface area (Å²) in [4.78, 5) is 25.7. The van der Waals surface area contributed by atoms with E-state index in [0.29, 0.717) is 30.2 Å². The highest BCUT2D eigenvalue weighted by Gasteiger charge is 2.48. The van der Waals surface area contributed by atoms with Crippen LogP contribution >= 0.6 is 0 Å². The zero-order valence-corrected chi connectivity index (χ0v) is 22.2. The van der Waals surface area contributed by atoms with Crippen LogP contribution in [0.25, 0.3) is 0 Å². The SMILES string of the molecule is CC(c1cc(C(=O)Nc2cccc(C3(Cc4nncn4C)COC3)c2)nc(C2CC2)n1)N1CCC2(CC2)C1. The predicted octanol–water partition coefficient (Wildman–Crippen LogP) is 3.79. The van der Waals surface area contributed by atoms with Gasteiger partial charge in [0.25, 0.3) is 5.91 Å². The van der Waals surface area contributed by atoms with Crippen molar-refractivity contribution < 1.29 is 9.53 Å². The minimum atomic E-state index is -0.188. The van der Waals surface area contributed by atoms with Gasteiger partial charge >= 0.3 is 0 Å². The molecule has 0 bridgehead atoms. The molecule has 4 heterocycles. The van der Waals surface area contributed by atoms with Crippen LogP contribution in [0.15, 0.2) is 36.7 Å². The summed E-state index contributed by atoms with van der Waals surface area (Å²) in [6.45, 7) is 5.71. The van der Waals surface area contributed by atoms with Crippen LogP contribution in [0.5, 0.6) is 0 Å². The molecule has 2 saturated heterocycles. The van der Waals surface area contributed by atoms with Crippen LogP contribution in [0.4, 0.5) is 5.69 Å². The first kappa shape index (κ1) is 23.9. The van der Waals surface area contributed by atoms with Gasteiger partial charge in [0.15, 0.2) is 0 Å². The summed E-state index contributed by atoms with van der Waals surface area (Å²) in [7, 11) is 1.96. The topological polar surface area (TPSA) is 98.1 Å². The highest BCUT2D eigenvalue weighted by molar-refractivity contribution is 6.03. The van der Waals surface area contributed by atoms with Crippen LogP contribution in [0.1, 0.15) is 84.4 Å². The molecule has 1 atom stereocenters. The van der Waals surface area contributed by atoms with E-state index in [2.05, 4.69) is 39.5 Å². The molecule has 1 spiro atoms. The molecule has 2 aliphatic carbocycles. The first-order valence-corrected chi connectivity index (χ1v) is 13.9. The lowest BCUT2D eigenvalue weighted by Crippen LogP contribution is -2.49. The largest absolute Gasteiger partial charge is 0.379 e. The summed E-state index contributed by atoms with van der Waals surface area (Å²) in [5.41, 5.74) is 3.69. The number of amides is 1. The lowest BCUT2D eigenvalue weighted by Gasteiger charge is -2.41. The van der Waals surface area contributed by atoms with E-state index in [1.807, 2.05) is 29.8 Å². The summed E-state index contributed by atoms with van der Waals surface area (Å²) >= 11 is 0. The molecular formula is C29H35N7O2. The number of benzene rings is 1. The highest BCUT2D eigenvalue weighted by Crippen LogP contribution is 2.54. The number of likely N-dealkylation sites (tertiary alicyclic amines) is 1. The molecule has 2 saturated carbocycles. The Bertz CT molecular complexity index is 1370. The van der Waals surface area contributed by atoms with E-state index < -0.39 is 0 Å². The normalized spacial score (nSPS) is 22.3. The second-order valence-corrected chi connectivity index (χ2v) is 12.0. The third-order valence-corrected chi connectivity index (χ3v) is 9.13. The fraction of sp³-hybridized carbons (Fsp3) is 0.552. The second-order valence-electron chi connectivity index (χ2n) is 12.0. The van der Waals surface area contributed by atoms with Gasteiger partial charge in [0.05, 0.1) is 18.9 Å². The smallest absolute Gasteiger partial charge is 0.274 e. The van der Waals surface area contributed by atoms with E-state index in [-0.39, 0.29) is 17.4 Å². The Morgan fingerprint density at radius 2 is 2.03 bits per heavy atom. The van der Waals surface area contributed by atoms with E-state index in [4.69, 9.17) is 14.7 Å².